The fourth-order valence-corrected chi connectivity index (χ4v) is 1.48. The maximum atomic E-state index is 11.5. The van der Waals surface area contributed by atoms with Gasteiger partial charge in [0.15, 0.2) is 0 Å². The van der Waals surface area contributed by atoms with E-state index in [1.807, 2.05) is 0 Å². The van der Waals surface area contributed by atoms with E-state index in [1.54, 1.807) is 0 Å². The smallest absolute Gasteiger partial charge is 0.245 e. The molecule has 0 radical (unpaired) electrons. The molecule has 1 aliphatic rings. The van der Waals surface area contributed by atoms with Crippen LogP contribution in [0.4, 0.5) is 0 Å². The third-order valence-electron chi connectivity index (χ3n) is 2.38. The molecular formula is C9H15N3O4. The molecule has 1 heterocycles. The molecule has 1 saturated heterocycles. The van der Waals surface area contributed by atoms with Gasteiger partial charge in [0.05, 0.1) is 6.10 Å². The zero-order valence-corrected chi connectivity index (χ0v) is 8.90. The van der Waals surface area contributed by atoms with Crippen LogP contribution in [0.15, 0.2) is 0 Å². The quantitative estimate of drug-likeness (QED) is 0.430. The minimum absolute atomic E-state index is 0.0255. The normalized spacial score (nSPS) is 26.9. The predicted octanol–water partition coefficient (Wildman–Crippen LogP) is -2.38. The Balaban J connectivity index is 2.56. The van der Waals surface area contributed by atoms with Crippen molar-refractivity contribution in [2.45, 2.75) is 38.0 Å². The number of carbonyl (C=O) groups excluding carboxylic acids is 3. The van der Waals surface area contributed by atoms with Gasteiger partial charge >= 0.3 is 0 Å². The van der Waals surface area contributed by atoms with Crippen molar-refractivity contribution in [3.8, 4) is 0 Å². The van der Waals surface area contributed by atoms with E-state index in [0.29, 0.717) is 0 Å². The molecule has 0 bridgehead atoms. The van der Waals surface area contributed by atoms with E-state index in [-0.39, 0.29) is 12.8 Å². The molecule has 90 valence electrons. The van der Waals surface area contributed by atoms with E-state index in [4.69, 9.17) is 5.73 Å². The number of piperazine rings is 1. The molecule has 7 heteroatoms. The van der Waals surface area contributed by atoms with Gasteiger partial charge < -0.3 is 21.5 Å². The van der Waals surface area contributed by atoms with E-state index in [2.05, 4.69) is 10.6 Å². The molecule has 0 aliphatic carbocycles. The predicted molar refractivity (Wildman–Crippen MR) is 54.0 cm³/mol. The minimum Gasteiger partial charge on any atom is -0.391 e. The molecular weight excluding hydrogens is 214 g/mol. The number of primary amides is 1. The number of nitrogens with one attached hydrogen (secondary N) is 2. The van der Waals surface area contributed by atoms with Crippen molar-refractivity contribution in [3.05, 3.63) is 0 Å². The van der Waals surface area contributed by atoms with Crippen molar-refractivity contribution in [2.75, 3.05) is 0 Å². The summed E-state index contributed by atoms with van der Waals surface area (Å²) in [6.45, 7) is 1.41. The lowest BCUT2D eigenvalue weighted by molar-refractivity contribution is -0.139. The lowest BCUT2D eigenvalue weighted by atomic mass is 10.0. The number of nitrogens with two attached hydrogens (primary N) is 1. The number of hydrogen-bond donors (Lipinski definition) is 4. The van der Waals surface area contributed by atoms with E-state index in [1.165, 1.54) is 6.92 Å². The minimum atomic E-state index is -0.957. The van der Waals surface area contributed by atoms with Crippen LogP contribution in [-0.4, -0.2) is 41.0 Å². The number of carbonyl (C=O) groups is 3. The first-order chi connectivity index (χ1) is 7.41. The standard InChI is InChI=1S/C9H15N3O4/c1-4(13)7-9(16)11-5(8(15)12-7)2-3-6(10)14/h4-5,7,13H,2-3H2,1H3,(H2,10,14)(H,11,16)(H,12,15). The van der Waals surface area contributed by atoms with Gasteiger partial charge in [0, 0.05) is 6.42 Å². The van der Waals surface area contributed by atoms with Gasteiger partial charge in [0.2, 0.25) is 17.7 Å². The van der Waals surface area contributed by atoms with Crippen molar-refractivity contribution >= 4 is 17.7 Å². The first kappa shape index (κ1) is 12.4. The maximum Gasteiger partial charge on any atom is 0.245 e. The number of hydrogen-bond acceptors (Lipinski definition) is 4. The molecule has 0 aromatic carbocycles. The second kappa shape index (κ2) is 4.93. The van der Waals surface area contributed by atoms with Crippen molar-refractivity contribution in [1.29, 1.82) is 0 Å². The Morgan fingerprint density at radius 2 is 2.06 bits per heavy atom. The molecule has 5 N–H and O–H groups in total. The van der Waals surface area contributed by atoms with Crippen LogP contribution in [0, 0.1) is 0 Å². The van der Waals surface area contributed by atoms with Crippen LogP contribution in [0.2, 0.25) is 0 Å². The highest BCUT2D eigenvalue weighted by Crippen LogP contribution is 2.06. The summed E-state index contributed by atoms with van der Waals surface area (Å²) < 4.78 is 0. The Morgan fingerprint density at radius 1 is 1.44 bits per heavy atom. The molecule has 1 fully saturated rings. The van der Waals surface area contributed by atoms with E-state index < -0.39 is 35.9 Å². The average Bonchev–Trinajstić information content (AvgIpc) is 2.18. The molecule has 0 aromatic heterocycles. The van der Waals surface area contributed by atoms with Crippen LogP contribution in [0.25, 0.3) is 0 Å². The molecule has 16 heavy (non-hydrogen) atoms. The number of aliphatic hydroxyl groups is 1. The average molecular weight is 229 g/mol. The van der Waals surface area contributed by atoms with Gasteiger partial charge in [0.1, 0.15) is 12.1 Å². The van der Waals surface area contributed by atoms with Gasteiger partial charge in [-0.25, -0.2) is 0 Å². The van der Waals surface area contributed by atoms with Crippen LogP contribution >= 0.6 is 0 Å². The highest BCUT2D eigenvalue weighted by molar-refractivity contribution is 5.97. The van der Waals surface area contributed by atoms with E-state index >= 15 is 0 Å². The topological polar surface area (TPSA) is 122 Å². The van der Waals surface area contributed by atoms with Crippen LogP contribution in [0.5, 0.6) is 0 Å². The molecule has 1 rings (SSSR count). The Bertz CT molecular complexity index is 316. The zero-order chi connectivity index (χ0) is 12.3. The number of rotatable bonds is 4. The molecule has 0 spiro atoms. The number of amides is 3. The molecule has 0 saturated carbocycles. The summed E-state index contributed by atoms with van der Waals surface area (Å²) in [5, 5.41) is 14.0. The van der Waals surface area contributed by atoms with Crippen molar-refractivity contribution in [1.82, 2.24) is 10.6 Å². The van der Waals surface area contributed by atoms with Gasteiger partial charge in [-0.2, -0.15) is 0 Å². The summed E-state index contributed by atoms with van der Waals surface area (Å²) in [6.07, 6.45) is -0.766. The monoisotopic (exact) mass is 229 g/mol. The third-order valence-corrected chi connectivity index (χ3v) is 2.38. The summed E-state index contributed by atoms with van der Waals surface area (Å²) in [5.41, 5.74) is 4.94. The largest absolute Gasteiger partial charge is 0.391 e. The Labute approximate surface area is 92.4 Å². The Kier molecular flexibility index (Phi) is 3.83. The van der Waals surface area contributed by atoms with E-state index in [9.17, 15) is 19.5 Å². The van der Waals surface area contributed by atoms with E-state index in [0.717, 1.165) is 0 Å². The SMILES string of the molecule is CC(O)C1NC(=O)C(CCC(N)=O)NC1=O. The second-order valence-electron chi connectivity index (χ2n) is 3.79. The van der Waals surface area contributed by atoms with Crippen molar-refractivity contribution in [3.63, 3.8) is 0 Å². The Hall–Kier alpha value is -1.63. The maximum absolute atomic E-state index is 11.5. The molecule has 1 aliphatic heterocycles. The third kappa shape index (κ3) is 2.93. The first-order valence-electron chi connectivity index (χ1n) is 4.99. The molecule has 0 aromatic rings. The number of aliphatic hydroxyl groups excluding tert-OH is 1. The van der Waals surface area contributed by atoms with Crippen molar-refractivity contribution < 1.29 is 19.5 Å². The van der Waals surface area contributed by atoms with Crippen molar-refractivity contribution in [2.24, 2.45) is 5.73 Å². The molecule has 3 amide bonds. The van der Waals surface area contributed by atoms with Crippen LogP contribution in [-0.2, 0) is 14.4 Å². The van der Waals surface area contributed by atoms with Gasteiger partial charge in [-0.1, -0.05) is 0 Å². The second-order valence-corrected chi connectivity index (χ2v) is 3.79. The molecule has 3 atom stereocenters. The highest BCUT2D eigenvalue weighted by atomic mass is 16.3. The summed E-state index contributed by atoms with van der Waals surface area (Å²) in [6, 6.07) is -1.69. The lowest BCUT2D eigenvalue weighted by Gasteiger charge is -2.30. The van der Waals surface area contributed by atoms with Crippen LogP contribution in [0.1, 0.15) is 19.8 Å². The first-order valence-corrected chi connectivity index (χ1v) is 4.99. The summed E-state index contributed by atoms with van der Waals surface area (Å²) in [7, 11) is 0. The Morgan fingerprint density at radius 3 is 2.56 bits per heavy atom. The summed E-state index contributed by atoms with van der Waals surface area (Å²) in [4.78, 5) is 33.5. The van der Waals surface area contributed by atoms with Crippen LogP contribution in [0.3, 0.4) is 0 Å². The van der Waals surface area contributed by atoms with Gasteiger partial charge in [0.25, 0.3) is 0 Å². The fourth-order valence-electron chi connectivity index (χ4n) is 1.48. The summed E-state index contributed by atoms with van der Waals surface area (Å²) >= 11 is 0. The zero-order valence-electron chi connectivity index (χ0n) is 8.90. The fraction of sp³-hybridized carbons (Fsp3) is 0.667. The molecule has 7 nitrogen and oxygen atoms in total. The molecule has 3 unspecified atom stereocenters. The van der Waals surface area contributed by atoms with Gasteiger partial charge in [-0.05, 0) is 13.3 Å². The van der Waals surface area contributed by atoms with Crippen LogP contribution < -0.4 is 16.4 Å². The summed E-state index contributed by atoms with van der Waals surface area (Å²) in [5.74, 6) is -1.39. The van der Waals surface area contributed by atoms with Gasteiger partial charge in [-0.3, -0.25) is 14.4 Å². The highest BCUT2D eigenvalue weighted by Gasteiger charge is 2.35. The lowest BCUT2D eigenvalue weighted by Crippen LogP contribution is -2.64. The van der Waals surface area contributed by atoms with Gasteiger partial charge in [-0.15, -0.1) is 0 Å².